The number of nitrogens with zero attached hydrogens (tertiary/aromatic N) is 1. The van der Waals surface area contributed by atoms with Gasteiger partial charge in [0, 0.05) is 23.1 Å². The maximum Gasteiger partial charge on any atom is 0.324 e. The van der Waals surface area contributed by atoms with Crippen LogP contribution in [0.5, 0.6) is 0 Å². The first-order chi connectivity index (χ1) is 9.06. The molecule has 0 aromatic heterocycles. The van der Waals surface area contributed by atoms with Crippen LogP contribution in [0, 0.1) is 0 Å². The molecule has 1 atom stereocenters. The van der Waals surface area contributed by atoms with E-state index in [0.29, 0.717) is 19.6 Å². The van der Waals surface area contributed by atoms with Crippen molar-refractivity contribution in [2.24, 2.45) is 0 Å². The van der Waals surface area contributed by atoms with E-state index in [2.05, 4.69) is 21.2 Å². The summed E-state index contributed by atoms with van der Waals surface area (Å²) in [6.45, 7) is 2.11. The molecule has 102 valence electrons. The van der Waals surface area contributed by atoms with Crippen LogP contribution in [-0.4, -0.2) is 43.5 Å². The topological polar surface area (TPSA) is 53.9 Å². The Balaban J connectivity index is 1.87. The van der Waals surface area contributed by atoms with Crippen molar-refractivity contribution in [3.05, 3.63) is 34.3 Å². The summed E-state index contributed by atoms with van der Waals surface area (Å²) in [6.07, 6.45) is 0. The maximum atomic E-state index is 11.9. The third kappa shape index (κ3) is 3.78. The molecule has 1 aliphatic heterocycles. The van der Waals surface area contributed by atoms with Crippen molar-refractivity contribution in [1.29, 1.82) is 0 Å². The number of hydrogen-bond donors (Lipinski definition) is 2. The van der Waals surface area contributed by atoms with Crippen LogP contribution in [0.3, 0.4) is 0 Å². The van der Waals surface area contributed by atoms with E-state index < -0.39 is 0 Å². The molecule has 0 bridgehead atoms. The lowest BCUT2D eigenvalue weighted by molar-refractivity contribution is -0.885. The number of nitrogens with one attached hydrogen (secondary N) is 2. The van der Waals surface area contributed by atoms with Gasteiger partial charge in [-0.3, -0.25) is 9.69 Å². The zero-order valence-electron chi connectivity index (χ0n) is 10.8. The minimum absolute atomic E-state index is 0.121. The fourth-order valence-electron chi connectivity index (χ4n) is 2.08. The van der Waals surface area contributed by atoms with E-state index >= 15 is 0 Å². The van der Waals surface area contributed by atoms with Crippen molar-refractivity contribution in [3.8, 4) is 0 Å². The van der Waals surface area contributed by atoms with Gasteiger partial charge >= 0.3 is 6.03 Å². The van der Waals surface area contributed by atoms with Crippen LogP contribution in [0.15, 0.2) is 28.7 Å². The van der Waals surface area contributed by atoms with Crippen molar-refractivity contribution in [2.45, 2.75) is 6.54 Å². The Labute approximate surface area is 120 Å². The molecular weight excluding hydrogens is 310 g/mol. The van der Waals surface area contributed by atoms with Gasteiger partial charge < -0.3 is 10.2 Å². The number of carbonyl (C=O) groups excluding carboxylic acids is 2. The van der Waals surface area contributed by atoms with Gasteiger partial charge in [-0.2, -0.15) is 0 Å². The average Bonchev–Trinajstić information content (AvgIpc) is 2.78. The van der Waals surface area contributed by atoms with Gasteiger partial charge in [-0.1, -0.05) is 28.1 Å². The summed E-state index contributed by atoms with van der Waals surface area (Å²) in [5.41, 5.74) is 1.17. The minimum Gasteiger partial charge on any atom is -0.336 e. The van der Waals surface area contributed by atoms with E-state index in [1.165, 1.54) is 10.5 Å². The van der Waals surface area contributed by atoms with Crippen LogP contribution in [0.2, 0.25) is 0 Å². The molecule has 3 amide bonds. The van der Waals surface area contributed by atoms with Crippen LogP contribution < -0.4 is 10.2 Å². The lowest BCUT2D eigenvalue weighted by Gasteiger charge is -2.17. The monoisotopic (exact) mass is 326 g/mol. The Bertz CT molecular complexity index is 475. The average molecular weight is 327 g/mol. The van der Waals surface area contributed by atoms with Crippen molar-refractivity contribution >= 4 is 27.9 Å². The highest BCUT2D eigenvalue weighted by molar-refractivity contribution is 9.10. The number of urea groups is 1. The van der Waals surface area contributed by atoms with Gasteiger partial charge in [-0.05, 0) is 12.1 Å². The molecule has 1 aromatic rings. The molecule has 2 N–H and O–H groups in total. The number of hydrogen-bond acceptors (Lipinski definition) is 2. The number of halogens is 1. The summed E-state index contributed by atoms with van der Waals surface area (Å²) in [7, 11) is 1.95. The zero-order chi connectivity index (χ0) is 13.8. The van der Waals surface area contributed by atoms with Crippen molar-refractivity contribution in [3.63, 3.8) is 0 Å². The molecule has 19 heavy (non-hydrogen) atoms. The number of quaternary nitrogens is 1. The Morgan fingerprint density at radius 2 is 2.11 bits per heavy atom. The predicted molar refractivity (Wildman–Crippen MR) is 74.7 cm³/mol. The number of imide groups is 1. The van der Waals surface area contributed by atoms with Crippen LogP contribution in [0.25, 0.3) is 0 Å². The van der Waals surface area contributed by atoms with Gasteiger partial charge in [0.25, 0.3) is 5.91 Å². The van der Waals surface area contributed by atoms with Gasteiger partial charge in [-0.25, -0.2) is 4.79 Å². The predicted octanol–water partition coefficient (Wildman–Crippen LogP) is 0.0156. The van der Waals surface area contributed by atoms with Gasteiger partial charge in [-0.15, -0.1) is 0 Å². The normalized spacial score (nSPS) is 16.3. The molecule has 0 saturated carbocycles. The smallest absolute Gasteiger partial charge is 0.324 e. The van der Waals surface area contributed by atoms with Crippen LogP contribution >= 0.6 is 15.9 Å². The summed E-state index contributed by atoms with van der Waals surface area (Å²) in [5.74, 6) is -0.121. The van der Waals surface area contributed by atoms with Gasteiger partial charge in [0.2, 0.25) is 0 Å². The molecular formula is C13H17BrN3O2+. The second-order valence-electron chi connectivity index (χ2n) is 4.71. The molecule has 1 aromatic carbocycles. The number of rotatable bonds is 4. The van der Waals surface area contributed by atoms with E-state index in [4.69, 9.17) is 0 Å². The van der Waals surface area contributed by atoms with Crippen LogP contribution in [0.4, 0.5) is 4.79 Å². The first kappa shape index (κ1) is 14.0. The molecule has 1 saturated heterocycles. The Morgan fingerprint density at radius 1 is 1.42 bits per heavy atom. The summed E-state index contributed by atoms with van der Waals surface area (Å²) in [6, 6.07) is 7.75. The lowest BCUT2D eigenvalue weighted by atomic mass is 10.2. The summed E-state index contributed by atoms with van der Waals surface area (Å²) in [4.78, 5) is 25.7. The second-order valence-corrected chi connectivity index (χ2v) is 5.63. The Hall–Kier alpha value is -1.40. The largest absolute Gasteiger partial charge is 0.336 e. The fourth-order valence-corrected chi connectivity index (χ4v) is 2.34. The SMILES string of the molecule is C[NH+](CC(=O)N1CCNC1=O)Cc1ccc(Br)cc1. The molecule has 1 aliphatic rings. The van der Waals surface area contributed by atoms with Crippen LogP contribution in [0.1, 0.15) is 5.56 Å². The third-order valence-corrected chi connectivity index (χ3v) is 3.56. The van der Waals surface area contributed by atoms with Crippen LogP contribution in [-0.2, 0) is 11.3 Å². The number of amides is 3. The van der Waals surface area contributed by atoms with E-state index in [1.54, 1.807) is 0 Å². The molecule has 0 radical (unpaired) electrons. The van der Waals surface area contributed by atoms with Crippen molar-refractivity contribution in [1.82, 2.24) is 10.2 Å². The van der Waals surface area contributed by atoms with E-state index in [9.17, 15) is 9.59 Å². The highest BCUT2D eigenvalue weighted by atomic mass is 79.9. The second kappa shape index (κ2) is 6.16. The lowest BCUT2D eigenvalue weighted by Crippen LogP contribution is -3.08. The van der Waals surface area contributed by atoms with E-state index in [0.717, 1.165) is 15.9 Å². The zero-order valence-corrected chi connectivity index (χ0v) is 12.4. The highest BCUT2D eigenvalue weighted by Gasteiger charge is 2.27. The Kier molecular flexibility index (Phi) is 4.55. The number of likely N-dealkylation sites (N-methyl/N-ethyl adjacent to an activating group) is 1. The molecule has 0 aliphatic carbocycles. The standard InChI is InChI=1S/C13H16BrN3O2/c1-16(8-10-2-4-11(14)5-3-10)9-12(18)17-7-6-15-13(17)19/h2-5H,6-9H2,1H3,(H,15,19)/p+1. The van der Waals surface area contributed by atoms with Gasteiger partial charge in [0.1, 0.15) is 6.54 Å². The molecule has 1 unspecified atom stereocenters. The third-order valence-electron chi connectivity index (χ3n) is 3.03. The van der Waals surface area contributed by atoms with Gasteiger partial charge in [0.05, 0.1) is 7.05 Å². The number of carbonyl (C=O) groups is 2. The van der Waals surface area contributed by atoms with E-state index in [-0.39, 0.29) is 11.9 Å². The Morgan fingerprint density at radius 3 is 2.68 bits per heavy atom. The molecule has 1 heterocycles. The van der Waals surface area contributed by atoms with Crippen molar-refractivity contribution < 1.29 is 14.5 Å². The maximum absolute atomic E-state index is 11.9. The first-order valence-electron chi connectivity index (χ1n) is 6.20. The summed E-state index contributed by atoms with van der Waals surface area (Å²) in [5, 5.41) is 2.63. The highest BCUT2D eigenvalue weighted by Crippen LogP contribution is 2.09. The summed E-state index contributed by atoms with van der Waals surface area (Å²) >= 11 is 3.39. The van der Waals surface area contributed by atoms with E-state index in [1.807, 2.05) is 31.3 Å². The molecule has 0 spiro atoms. The molecule has 5 nitrogen and oxygen atoms in total. The quantitative estimate of drug-likeness (QED) is 0.819. The first-order valence-corrected chi connectivity index (χ1v) is 6.99. The minimum atomic E-state index is -0.276. The number of benzene rings is 1. The van der Waals surface area contributed by atoms with Gasteiger partial charge in [0.15, 0.2) is 6.54 Å². The van der Waals surface area contributed by atoms with Crippen molar-refractivity contribution in [2.75, 3.05) is 26.7 Å². The molecule has 2 rings (SSSR count). The molecule has 6 heteroatoms. The fraction of sp³-hybridized carbons (Fsp3) is 0.385. The summed E-state index contributed by atoms with van der Waals surface area (Å²) < 4.78 is 1.04. The molecule has 1 fully saturated rings.